The van der Waals surface area contributed by atoms with Crippen LogP contribution in [0.4, 0.5) is 4.79 Å². The highest BCUT2D eigenvalue weighted by molar-refractivity contribution is 7.10. The molecule has 1 saturated heterocycles. The van der Waals surface area contributed by atoms with Crippen LogP contribution < -0.4 is 10.6 Å². The Morgan fingerprint density at radius 3 is 3.05 bits per heavy atom. The minimum absolute atomic E-state index is 0.0248. The fraction of sp³-hybridized carbons (Fsp3) is 0.417. The van der Waals surface area contributed by atoms with Gasteiger partial charge in [-0.15, -0.1) is 11.3 Å². The van der Waals surface area contributed by atoms with Crippen LogP contribution in [0.3, 0.4) is 0 Å². The normalized spacial score (nSPS) is 21.9. The number of nitrogens with one attached hydrogen (secondary N) is 2. The van der Waals surface area contributed by atoms with E-state index in [1.165, 1.54) is 10.4 Å². The van der Waals surface area contributed by atoms with Gasteiger partial charge in [0, 0.05) is 18.0 Å². The van der Waals surface area contributed by atoms with E-state index in [4.69, 9.17) is 0 Å². The van der Waals surface area contributed by atoms with Gasteiger partial charge in [-0.05, 0) is 23.4 Å². The van der Waals surface area contributed by atoms with Gasteiger partial charge in [0.15, 0.2) is 0 Å². The molecule has 2 aliphatic rings. The van der Waals surface area contributed by atoms with Gasteiger partial charge >= 0.3 is 6.03 Å². The van der Waals surface area contributed by atoms with Crippen molar-refractivity contribution in [2.75, 3.05) is 6.54 Å². The molecule has 1 aromatic heterocycles. The third-order valence-electron chi connectivity index (χ3n) is 3.40. The Hall–Kier alpha value is -1.89. The lowest BCUT2D eigenvalue weighted by Gasteiger charge is -2.27. The Balaban J connectivity index is 1.63. The van der Waals surface area contributed by atoms with E-state index in [-0.39, 0.29) is 12.3 Å². The predicted molar refractivity (Wildman–Crippen MR) is 68.5 cm³/mol. The van der Waals surface area contributed by atoms with Crippen molar-refractivity contribution in [1.82, 2.24) is 15.5 Å². The first-order chi connectivity index (χ1) is 9.13. The van der Waals surface area contributed by atoms with E-state index in [9.17, 15) is 14.4 Å². The van der Waals surface area contributed by atoms with Gasteiger partial charge < -0.3 is 10.2 Å². The highest BCUT2D eigenvalue weighted by atomic mass is 32.1. The molecule has 3 heterocycles. The van der Waals surface area contributed by atoms with Crippen LogP contribution in [0.2, 0.25) is 0 Å². The summed E-state index contributed by atoms with van der Waals surface area (Å²) in [4.78, 5) is 37.6. The predicted octanol–water partition coefficient (Wildman–Crippen LogP) is 0.231. The van der Waals surface area contributed by atoms with Crippen LogP contribution in [-0.4, -0.2) is 35.3 Å². The van der Waals surface area contributed by atoms with Crippen LogP contribution in [0.1, 0.15) is 16.9 Å². The second-order valence-electron chi connectivity index (χ2n) is 4.65. The Labute approximate surface area is 113 Å². The average Bonchev–Trinajstić information content (AvgIpc) is 2.95. The highest BCUT2D eigenvalue weighted by Gasteiger charge is 2.33. The molecule has 6 nitrogen and oxygen atoms in total. The van der Waals surface area contributed by atoms with Gasteiger partial charge in [-0.2, -0.15) is 0 Å². The zero-order chi connectivity index (χ0) is 13.4. The summed E-state index contributed by atoms with van der Waals surface area (Å²) in [5.41, 5.74) is 1.18. The second-order valence-corrected chi connectivity index (χ2v) is 5.65. The third kappa shape index (κ3) is 2.33. The van der Waals surface area contributed by atoms with Gasteiger partial charge in [0.05, 0.1) is 6.42 Å². The first-order valence-electron chi connectivity index (χ1n) is 6.08. The number of hydrogen-bond acceptors (Lipinski definition) is 4. The molecule has 19 heavy (non-hydrogen) atoms. The minimum Gasteiger partial charge on any atom is -0.338 e. The summed E-state index contributed by atoms with van der Waals surface area (Å²) in [5, 5.41) is 6.60. The van der Waals surface area contributed by atoms with E-state index < -0.39 is 18.0 Å². The SMILES string of the molecule is O=C1NC(=O)[C@H](CC(=O)N2CCc3sccc3C2)N1. The molecule has 0 aliphatic carbocycles. The van der Waals surface area contributed by atoms with Crippen molar-refractivity contribution in [2.45, 2.75) is 25.4 Å². The van der Waals surface area contributed by atoms with Crippen LogP contribution >= 0.6 is 11.3 Å². The number of urea groups is 1. The van der Waals surface area contributed by atoms with Crippen LogP contribution in [0, 0.1) is 0 Å². The van der Waals surface area contributed by atoms with E-state index in [1.54, 1.807) is 16.2 Å². The summed E-state index contributed by atoms with van der Waals surface area (Å²) in [6, 6.07) is 0.772. The number of carbonyl (C=O) groups excluding carboxylic acids is 3. The molecule has 0 spiro atoms. The molecule has 100 valence electrons. The van der Waals surface area contributed by atoms with Crippen molar-refractivity contribution >= 4 is 29.2 Å². The summed E-state index contributed by atoms with van der Waals surface area (Å²) in [6.45, 7) is 1.27. The molecule has 7 heteroatoms. The first kappa shape index (κ1) is 12.2. The topological polar surface area (TPSA) is 78.5 Å². The molecular weight excluding hydrogens is 266 g/mol. The highest BCUT2D eigenvalue weighted by Crippen LogP contribution is 2.24. The van der Waals surface area contributed by atoms with E-state index >= 15 is 0 Å². The Morgan fingerprint density at radius 2 is 2.32 bits per heavy atom. The van der Waals surface area contributed by atoms with Crippen molar-refractivity contribution in [3.05, 3.63) is 21.9 Å². The Morgan fingerprint density at radius 1 is 1.47 bits per heavy atom. The molecule has 0 radical (unpaired) electrons. The number of fused-ring (bicyclic) bond motifs is 1. The molecule has 0 saturated carbocycles. The summed E-state index contributed by atoms with van der Waals surface area (Å²) >= 11 is 1.71. The molecule has 0 aromatic carbocycles. The van der Waals surface area contributed by atoms with Gasteiger partial charge in [-0.25, -0.2) is 4.79 Å². The fourth-order valence-corrected chi connectivity index (χ4v) is 3.26. The minimum atomic E-state index is -0.733. The van der Waals surface area contributed by atoms with E-state index in [0.29, 0.717) is 13.1 Å². The van der Waals surface area contributed by atoms with E-state index in [0.717, 1.165) is 6.42 Å². The van der Waals surface area contributed by atoms with Gasteiger partial charge in [0.1, 0.15) is 6.04 Å². The van der Waals surface area contributed by atoms with Gasteiger partial charge in [0.2, 0.25) is 5.91 Å². The van der Waals surface area contributed by atoms with Crippen molar-refractivity contribution < 1.29 is 14.4 Å². The van der Waals surface area contributed by atoms with Gasteiger partial charge in [-0.3, -0.25) is 14.9 Å². The third-order valence-corrected chi connectivity index (χ3v) is 4.42. The zero-order valence-corrected chi connectivity index (χ0v) is 11.0. The lowest BCUT2D eigenvalue weighted by molar-refractivity contribution is -0.134. The molecule has 1 fully saturated rings. The quantitative estimate of drug-likeness (QED) is 0.761. The molecule has 1 atom stereocenters. The van der Waals surface area contributed by atoms with Gasteiger partial charge in [-0.1, -0.05) is 0 Å². The van der Waals surface area contributed by atoms with Crippen LogP contribution in [0.5, 0.6) is 0 Å². The maximum atomic E-state index is 12.1. The van der Waals surface area contributed by atoms with E-state index in [1.807, 2.05) is 11.4 Å². The zero-order valence-electron chi connectivity index (χ0n) is 10.1. The van der Waals surface area contributed by atoms with E-state index in [2.05, 4.69) is 10.6 Å². The lowest BCUT2D eigenvalue weighted by atomic mass is 10.1. The Bertz CT molecular complexity index is 554. The number of thiophene rings is 1. The second kappa shape index (κ2) is 4.65. The molecule has 1 aromatic rings. The molecular formula is C12H13N3O3S. The maximum Gasteiger partial charge on any atom is 0.322 e. The largest absolute Gasteiger partial charge is 0.338 e. The molecule has 2 aliphatic heterocycles. The Kier molecular flexibility index (Phi) is 2.98. The van der Waals surface area contributed by atoms with Crippen molar-refractivity contribution in [3.63, 3.8) is 0 Å². The monoisotopic (exact) mass is 279 g/mol. The van der Waals surface area contributed by atoms with Crippen molar-refractivity contribution in [3.8, 4) is 0 Å². The fourth-order valence-electron chi connectivity index (χ4n) is 2.37. The van der Waals surface area contributed by atoms with Crippen molar-refractivity contribution in [2.24, 2.45) is 0 Å². The van der Waals surface area contributed by atoms with Crippen LogP contribution in [0.25, 0.3) is 0 Å². The number of amides is 4. The number of nitrogens with zero attached hydrogens (tertiary/aromatic N) is 1. The molecule has 2 N–H and O–H groups in total. The van der Waals surface area contributed by atoms with Crippen LogP contribution in [-0.2, 0) is 22.6 Å². The summed E-state index contributed by atoms with van der Waals surface area (Å²) in [5.74, 6) is -0.522. The smallest absolute Gasteiger partial charge is 0.322 e. The number of carbonyl (C=O) groups is 3. The maximum absolute atomic E-state index is 12.1. The number of imide groups is 1. The summed E-state index contributed by atoms with van der Waals surface area (Å²) in [6.07, 6.45) is 0.888. The van der Waals surface area contributed by atoms with Gasteiger partial charge in [0.25, 0.3) is 5.91 Å². The lowest BCUT2D eigenvalue weighted by Crippen LogP contribution is -2.40. The molecule has 3 rings (SSSR count). The standard InChI is InChI=1S/C12H13N3O3S/c16-10(5-8-11(17)14-12(18)13-8)15-3-1-9-7(6-15)2-4-19-9/h2,4,8H,1,3,5-6H2,(H2,13,14,17,18)/t8-/m0/s1. The molecule has 0 unspecified atom stereocenters. The number of rotatable bonds is 2. The first-order valence-corrected chi connectivity index (χ1v) is 6.96. The number of hydrogen-bond donors (Lipinski definition) is 2. The average molecular weight is 279 g/mol. The molecule has 0 bridgehead atoms. The summed E-state index contributed by atoms with van der Waals surface area (Å²) in [7, 11) is 0. The van der Waals surface area contributed by atoms with Crippen molar-refractivity contribution in [1.29, 1.82) is 0 Å². The summed E-state index contributed by atoms with van der Waals surface area (Å²) < 4.78 is 0. The van der Waals surface area contributed by atoms with Crippen LogP contribution in [0.15, 0.2) is 11.4 Å². The molecule has 4 amide bonds.